The Balaban J connectivity index is 2.58. The number of methoxy groups -OCH3 is 2. The van der Waals surface area contributed by atoms with Crippen molar-refractivity contribution in [1.82, 2.24) is 0 Å². The second-order valence-corrected chi connectivity index (χ2v) is 4.80. The standard InChI is InChI=1S/C16H26O3/c1-4-5-6-7-8-11-14(17)13-10-9-12-15(18-2)16(13)19-3/h9-10,12,14,17H,4-8,11H2,1-3H3. The van der Waals surface area contributed by atoms with Gasteiger partial charge in [0.25, 0.3) is 0 Å². The van der Waals surface area contributed by atoms with E-state index in [4.69, 9.17) is 9.47 Å². The minimum absolute atomic E-state index is 0.480. The number of ether oxygens (including phenoxy) is 2. The number of aliphatic hydroxyl groups is 1. The Bertz CT molecular complexity index is 363. The van der Waals surface area contributed by atoms with Gasteiger partial charge < -0.3 is 14.6 Å². The van der Waals surface area contributed by atoms with Crippen molar-refractivity contribution in [1.29, 1.82) is 0 Å². The highest BCUT2D eigenvalue weighted by atomic mass is 16.5. The van der Waals surface area contributed by atoms with Gasteiger partial charge in [0.05, 0.1) is 20.3 Å². The number of unbranched alkanes of at least 4 members (excludes halogenated alkanes) is 4. The molecule has 19 heavy (non-hydrogen) atoms. The molecule has 3 nitrogen and oxygen atoms in total. The van der Waals surface area contributed by atoms with Crippen LogP contribution in [0.5, 0.6) is 11.5 Å². The Hall–Kier alpha value is -1.22. The molecule has 0 heterocycles. The molecule has 1 unspecified atom stereocenters. The van der Waals surface area contributed by atoms with Crippen molar-refractivity contribution in [2.45, 2.75) is 51.6 Å². The summed E-state index contributed by atoms with van der Waals surface area (Å²) in [6.45, 7) is 2.20. The van der Waals surface area contributed by atoms with Crippen LogP contribution in [0.4, 0.5) is 0 Å². The maximum absolute atomic E-state index is 10.3. The fourth-order valence-corrected chi connectivity index (χ4v) is 2.27. The van der Waals surface area contributed by atoms with E-state index >= 15 is 0 Å². The average molecular weight is 266 g/mol. The number of benzene rings is 1. The van der Waals surface area contributed by atoms with Gasteiger partial charge in [-0.3, -0.25) is 0 Å². The van der Waals surface area contributed by atoms with E-state index < -0.39 is 6.10 Å². The third-order valence-corrected chi connectivity index (χ3v) is 3.37. The Morgan fingerprint density at radius 2 is 1.79 bits per heavy atom. The first kappa shape index (κ1) is 15.8. The monoisotopic (exact) mass is 266 g/mol. The van der Waals surface area contributed by atoms with E-state index in [9.17, 15) is 5.11 Å². The zero-order chi connectivity index (χ0) is 14.1. The van der Waals surface area contributed by atoms with E-state index in [1.54, 1.807) is 14.2 Å². The molecule has 1 rings (SSSR count). The number of para-hydroxylation sites is 1. The quantitative estimate of drug-likeness (QED) is 0.684. The van der Waals surface area contributed by atoms with Gasteiger partial charge in [-0.2, -0.15) is 0 Å². The molecule has 1 atom stereocenters. The van der Waals surface area contributed by atoms with Crippen molar-refractivity contribution in [3.8, 4) is 11.5 Å². The van der Waals surface area contributed by atoms with Crippen LogP contribution in [0.25, 0.3) is 0 Å². The molecule has 108 valence electrons. The van der Waals surface area contributed by atoms with Crippen LogP contribution in [0.1, 0.15) is 57.1 Å². The van der Waals surface area contributed by atoms with Gasteiger partial charge in [0.1, 0.15) is 0 Å². The predicted molar refractivity (Wildman–Crippen MR) is 77.9 cm³/mol. The van der Waals surface area contributed by atoms with E-state index in [1.807, 2.05) is 18.2 Å². The molecule has 0 bridgehead atoms. The fourth-order valence-electron chi connectivity index (χ4n) is 2.27. The van der Waals surface area contributed by atoms with Crippen LogP contribution in [0.15, 0.2) is 18.2 Å². The van der Waals surface area contributed by atoms with Crippen molar-refractivity contribution in [3.05, 3.63) is 23.8 Å². The molecule has 0 aromatic heterocycles. The highest BCUT2D eigenvalue weighted by Gasteiger charge is 2.16. The van der Waals surface area contributed by atoms with Crippen LogP contribution in [-0.4, -0.2) is 19.3 Å². The number of hydrogen-bond donors (Lipinski definition) is 1. The molecule has 0 radical (unpaired) electrons. The van der Waals surface area contributed by atoms with E-state index in [0.29, 0.717) is 11.5 Å². The van der Waals surface area contributed by atoms with Crippen molar-refractivity contribution < 1.29 is 14.6 Å². The van der Waals surface area contributed by atoms with E-state index in [2.05, 4.69) is 6.92 Å². The lowest BCUT2D eigenvalue weighted by molar-refractivity contribution is 0.158. The van der Waals surface area contributed by atoms with Crippen molar-refractivity contribution in [2.24, 2.45) is 0 Å². The lowest BCUT2D eigenvalue weighted by Crippen LogP contribution is -2.02. The summed E-state index contributed by atoms with van der Waals surface area (Å²) in [5.41, 5.74) is 0.817. The lowest BCUT2D eigenvalue weighted by atomic mass is 10.0. The fraction of sp³-hybridized carbons (Fsp3) is 0.625. The summed E-state index contributed by atoms with van der Waals surface area (Å²) >= 11 is 0. The smallest absolute Gasteiger partial charge is 0.166 e. The van der Waals surface area contributed by atoms with Gasteiger partial charge in [0, 0.05) is 5.56 Å². The average Bonchev–Trinajstić information content (AvgIpc) is 2.45. The maximum atomic E-state index is 10.3. The number of rotatable bonds is 9. The SMILES string of the molecule is CCCCCCCC(O)c1cccc(OC)c1OC. The molecular formula is C16H26O3. The molecule has 0 aliphatic carbocycles. The van der Waals surface area contributed by atoms with Crippen LogP contribution in [0.2, 0.25) is 0 Å². The molecule has 3 heteroatoms. The summed E-state index contributed by atoms with van der Waals surface area (Å²) in [7, 11) is 3.22. The van der Waals surface area contributed by atoms with Gasteiger partial charge in [-0.1, -0.05) is 51.2 Å². The number of aliphatic hydroxyl groups excluding tert-OH is 1. The van der Waals surface area contributed by atoms with Crippen LogP contribution in [0.3, 0.4) is 0 Å². The highest BCUT2D eigenvalue weighted by Crippen LogP contribution is 2.36. The summed E-state index contributed by atoms with van der Waals surface area (Å²) in [6.07, 6.45) is 6.28. The van der Waals surface area contributed by atoms with Gasteiger partial charge in [-0.05, 0) is 12.5 Å². The predicted octanol–water partition coefficient (Wildman–Crippen LogP) is 4.10. The molecule has 0 saturated carbocycles. The van der Waals surface area contributed by atoms with E-state index in [0.717, 1.165) is 18.4 Å². The first-order chi connectivity index (χ1) is 9.24. The van der Waals surface area contributed by atoms with Crippen LogP contribution in [-0.2, 0) is 0 Å². The second kappa shape index (κ2) is 8.81. The summed E-state index contributed by atoms with van der Waals surface area (Å²) in [6, 6.07) is 5.63. The molecule has 0 fully saturated rings. The molecule has 1 aromatic carbocycles. The topological polar surface area (TPSA) is 38.7 Å². The van der Waals surface area contributed by atoms with Gasteiger partial charge >= 0.3 is 0 Å². The molecule has 0 saturated heterocycles. The normalized spacial score (nSPS) is 12.2. The van der Waals surface area contributed by atoms with Crippen molar-refractivity contribution in [2.75, 3.05) is 14.2 Å². The maximum Gasteiger partial charge on any atom is 0.166 e. The second-order valence-electron chi connectivity index (χ2n) is 4.80. The van der Waals surface area contributed by atoms with Gasteiger partial charge in [-0.25, -0.2) is 0 Å². The first-order valence-electron chi connectivity index (χ1n) is 7.13. The van der Waals surface area contributed by atoms with Crippen molar-refractivity contribution in [3.63, 3.8) is 0 Å². The zero-order valence-electron chi connectivity index (χ0n) is 12.3. The molecule has 1 N–H and O–H groups in total. The first-order valence-corrected chi connectivity index (χ1v) is 7.13. The molecule has 1 aromatic rings. The summed E-state index contributed by atoms with van der Waals surface area (Å²) in [5, 5.41) is 10.3. The van der Waals surface area contributed by atoms with Crippen molar-refractivity contribution >= 4 is 0 Å². The summed E-state index contributed by atoms with van der Waals surface area (Å²) in [5.74, 6) is 1.32. The van der Waals surface area contributed by atoms with Gasteiger partial charge in [-0.15, -0.1) is 0 Å². The Kier molecular flexibility index (Phi) is 7.34. The van der Waals surface area contributed by atoms with E-state index in [-0.39, 0.29) is 0 Å². The van der Waals surface area contributed by atoms with Gasteiger partial charge in [0.15, 0.2) is 11.5 Å². The molecule has 0 aliphatic heterocycles. The Labute approximate surface area is 116 Å². The van der Waals surface area contributed by atoms with Gasteiger partial charge in [0.2, 0.25) is 0 Å². The summed E-state index contributed by atoms with van der Waals surface area (Å²) < 4.78 is 10.6. The van der Waals surface area contributed by atoms with Crippen LogP contribution >= 0.6 is 0 Å². The minimum atomic E-state index is -0.480. The molecular weight excluding hydrogens is 240 g/mol. The lowest BCUT2D eigenvalue weighted by Gasteiger charge is -2.17. The van der Waals surface area contributed by atoms with Crippen LogP contribution in [0, 0.1) is 0 Å². The molecule has 0 amide bonds. The largest absolute Gasteiger partial charge is 0.493 e. The zero-order valence-corrected chi connectivity index (χ0v) is 12.3. The Morgan fingerprint density at radius 3 is 2.42 bits per heavy atom. The minimum Gasteiger partial charge on any atom is -0.493 e. The van der Waals surface area contributed by atoms with E-state index in [1.165, 1.54) is 25.7 Å². The molecule has 0 aliphatic rings. The Morgan fingerprint density at radius 1 is 1.05 bits per heavy atom. The highest BCUT2D eigenvalue weighted by molar-refractivity contribution is 5.47. The third-order valence-electron chi connectivity index (χ3n) is 3.37. The summed E-state index contributed by atoms with van der Waals surface area (Å²) in [4.78, 5) is 0. The molecule has 0 spiro atoms. The third kappa shape index (κ3) is 4.75. The number of hydrogen-bond acceptors (Lipinski definition) is 3. The van der Waals surface area contributed by atoms with Crippen LogP contribution < -0.4 is 9.47 Å².